The van der Waals surface area contributed by atoms with Gasteiger partial charge in [-0.05, 0) is 59.7 Å². The maximum Gasteiger partial charge on any atom is 0.199 e. The number of furan rings is 1. The molecule has 0 atom stereocenters. The summed E-state index contributed by atoms with van der Waals surface area (Å²) in [6.07, 6.45) is 2.47. The molecule has 1 aromatic carbocycles. The van der Waals surface area contributed by atoms with E-state index in [0.29, 0.717) is 11.6 Å². The third-order valence-corrected chi connectivity index (χ3v) is 5.68. The number of aryl methyl sites for hydroxylation is 1. The van der Waals surface area contributed by atoms with Crippen molar-refractivity contribution in [1.82, 2.24) is 24.1 Å². The quantitative estimate of drug-likeness (QED) is 0.460. The van der Waals surface area contributed by atoms with E-state index < -0.39 is 0 Å². The molecular formula is C17H14ClN5OS2. The molecule has 6 nitrogen and oxygen atoms in total. The van der Waals surface area contributed by atoms with Gasteiger partial charge in [-0.2, -0.15) is 4.37 Å². The van der Waals surface area contributed by atoms with Crippen LogP contribution in [-0.2, 0) is 13.0 Å². The molecule has 0 unspecified atom stereocenters. The summed E-state index contributed by atoms with van der Waals surface area (Å²) in [7, 11) is 0. The molecule has 0 aliphatic carbocycles. The summed E-state index contributed by atoms with van der Waals surface area (Å²) in [5.41, 5.74) is 0.937. The monoisotopic (exact) mass is 403 g/mol. The zero-order valence-corrected chi connectivity index (χ0v) is 16.2. The van der Waals surface area contributed by atoms with Crippen LogP contribution in [0.15, 0.2) is 56.6 Å². The van der Waals surface area contributed by atoms with Crippen LogP contribution < -0.4 is 0 Å². The first-order valence-corrected chi connectivity index (χ1v) is 9.91. The average Bonchev–Trinajstić information content (AvgIpc) is 3.39. The smallest absolute Gasteiger partial charge is 0.199 e. The number of hydrogen-bond acceptors (Lipinski definition) is 7. The van der Waals surface area contributed by atoms with Crippen LogP contribution in [0.2, 0.25) is 5.02 Å². The molecule has 132 valence electrons. The van der Waals surface area contributed by atoms with Crippen molar-refractivity contribution in [3.8, 4) is 11.4 Å². The molecule has 0 amide bonds. The standard InChI is InChI=1S/C17H14ClN5OS2/c1-2-14-19-17(26-22-14)25-16-21-20-15(11-5-7-12(18)8-6-11)23(16)10-13-4-3-9-24-13/h3-9H,2,10H2,1H3. The minimum absolute atomic E-state index is 0.528. The van der Waals surface area contributed by atoms with Crippen LogP contribution in [0, 0.1) is 0 Å². The summed E-state index contributed by atoms with van der Waals surface area (Å²) in [5, 5.41) is 10.2. The fourth-order valence-corrected chi connectivity index (χ4v) is 4.14. The van der Waals surface area contributed by atoms with E-state index in [0.717, 1.165) is 38.9 Å². The van der Waals surface area contributed by atoms with Gasteiger partial charge in [0.1, 0.15) is 11.6 Å². The lowest BCUT2D eigenvalue weighted by molar-refractivity contribution is 0.485. The van der Waals surface area contributed by atoms with Crippen LogP contribution in [0.5, 0.6) is 0 Å². The Bertz CT molecular complexity index is 995. The van der Waals surface area contributed by atoms with E-state index in [1.165, 1.54) is 23.3 Å². The van der Waals surface area contributed by atoms with E-state index in [1.807, 2.05) is 47.9 Å². The van der Waals surface area contributed by atoms with Crippen LogP contribution in [0.4, 0.5) is 0 Å². The van der Waals surface area contributed by atoms with Crippen molar-refractivity contribution in [1.29, 1.82) is 0 Å². The summed E-state index contributed by atoms with van der Waals surface area (Å²) >= 11 is 8.84. The molecule has 3 aromatic heterocycles. The highest BCUT2D eigenvalue weighted by atomic mass is 35.5. The van der Waals surface area contributed by atoms with Gasteiger partial charge in [0.25, 0.3) is 0 Å². The molecule has 9 heteroatoms. The molecule has 0 saturated carbocycles. The predicted octanol–water partition coefficient (Wildman–Crippen LogP) is 4.80. The van der Waals surface area contributed by atoms with E-state index in [4.69, 9.17) is 16.0 Å². The lowest BCUT2D eigenvalue weighted by Gasteiger charge is -2.08. The van der Waals surface area contributed by atoms with Crippen molar-refractivity contribution in [3.05, 3.63) is 59.3 Å². The van der Waals surface area contributed by atoms with Crippen molar-refractivity contribution >= 4 is 34.9 Å². The summed E-state index contributed by atoms with van der Waals surface area (Å²) < 4.78 is 12.7. The highest BCUT2D eigenvalue weighted by Gasteiger charge is 2.18. The van der Waals surface area contributed by atoms with E-state index in [2.05, 4.69) is 19.6 Å². The molecule has 4 aromatic rings. The van der Waals surface area contributed by atoms with Gasteiger partial charge < -0.3 is 4.42 Å². The number of hydrogen-bond donors (Lipinski definition) is 0. The molecular weight excluding hydrogens is 390 g/mol. The Hall–Kier alpha value is -2.16. The Morgan fingerprint density at radius 3 is 2.73 bits per heavy atom. The molecule has 0 N–H and O–H groups in total. The molecule has 0 saturated heterocycles. The van der Waals surface area contributed by atoms with Crippen LogP contribution in [0.25, 0.3) is 11.4 Å². The Kier molecular flexibility index (Phi) is 5.05. The lowest BCUT2D eigenvalue weighted by atomic mass is 10.2. The number of halogens is 1. The first-order chi connectivity index (χ1) is 12.7. The summed E-state index contributed by atoms with van der Waals surface area (Å²) in [4.78, 5) is 4.50. The molecule has 0 spiro atoms. The fraction of sp³-hybridized carbons (Fsp3) is 0.176. The van der Waals surface area contributed by atoms with Crippen LogP contribution >= 0.6 is 34.9 Å². The van der Waals surface area contributed by atoms with E-state index in [9.17, 15) is 0 Å². The van der Waals surface area contributed by atoms with Gasteiger partial charge in [0.15, 0.2) is 15.3 Å². The second-order valence-electron chi connectivity index (χ2n) is 5.41. The topological polar surface area (TPSA) is 69.6 Å². The van der Waals surface area contributed by atoms with Crippen molar-refractivity contribution in [2.24, 2.45) is 0 Å². The molecule has 0 bridgehead atoms. The van der Waals surface area contributed by atoms with E-state index in [-0.39, 0.29) is 0 Å². The van der Waals surface area contributed by atoms with Gasteiger partial charge in [-0.15, -0.1) is 10.2 Å². The fourth-order valence-electron chi connectivity index (χ4n) is 2.38. The average molecular weight is 404 g/mol. The van der Waals surface area contributed by atoms with Gasteiger partial charge in [0, 0.05) is 17.0 Å². The molecule has 26 heavy (non-hydrogen) atoms. The molecule has 4 rings (SSSR count). The Morgan fingerprint density at radius 2 is 2.04 bits per heavy atom. The first kappa shape index (κ1) is 17.3. The van der Waals surface area contributed by atoms with Gasteiger partial charge in [-0.3, -0.25) is 4.57 Å². The largest absolute Gasteiger partial charge is 0.467 e. The van der Waals surface area contributed by atoms with Gasteiger partial charge in [-0.1, -0.05) is 18.5 Å². The molecule has 0 aliphatic heterocycles. The number of aromatic nitrogens is 5. The SMILES string of the molecule is CCc1nsc(Sc2nnc(-c3ccc(Cl)cc3)n2Cc2ccco2)n1. The first-order valence-electron chi connectivity index (χ1n) is 7.95. The second-order valence-corrected chi connectivity index (χ2v) is 7.81. The maximum absolute atomic E-state index is 6.01. The molecule has 0 fully saturated rings. The van der Waals surface area contributed by atoms with Crippen LogP contribution in [0.1, 0.15) is 18.5 Å². The predicted molar refractivity (Wildman–Crippen MR) is 102 cm³/mol. The zero-order valence-electron chi connectivity index (χ0n) is 13.8. The van der Waals surface area contributed by atoms with Crippen molar-refractivity contribution in [3.63, 3.8) is 0 Å². The van der Waals surface area contributed by atoms with Crippen LogP contribution in [-0.4, -0.2) is 24.1 Å². The van der Waals surface area contributed by atoms with Crippen molar-refractivity contribution < 1.29 is 4.42 Å². The van der Waals surface area contributed by atoms with Crippen LogP contribution in [0.3, 0.4) is 0 Å². The molecule has 0 aliphatic rings. The van der Waals surface area contributed by atoms with Gasteiger partial charge in [0.05, 0.1) is 12.8 Å². The van der Waals surface area contributed by atoms with Gasteiger partial charge in [0.2, 0.25) is 0 Å². The van der Waals surface area contributed by atoms with E-state index in [1.54, 1.807) is 6.26 Å². The number of benzene rings is 1. The second kappa shape index (κ2) is 7.61. The summed E-state index contributed by atoms with van der Waals surface area (Å²) in [6.45, 7) is 2.56. The lowest BCUT2D eigenvalue weighted by Crippen LogP contribution is -2.03. The normalized spacial score (nSPS) is 11.2. The minimum Gasteiger partial charge on any atom is -0.467 e. The van der Waals surface area contributed by atoms with Gasteiger partial charge >= 0.3 is 0 Å². The number of nitrogens with zero attached hydrogens (tertiary/aromatic N) is 5. The Labute approximate surface area is 163 Å². The molecule has 3 heterocycles. The highest BCUT2D eigenvalue weighted by molar-refractivity contribution is 8.00. The van der Waals surface area contributed by atoms with Crippen molar-refractivity contribution in [2.45, 2.75) is 29.4 Å². The molecule has 0 radical (unpaired) electrons. The zero-order chi connectivity index (χ0) is 17.9. The van der Waals surface area contributed by atoms with Crippen molar-refractivity contribution in [2.75, 3.05) is 0 Å². The highest BCUT2D eigenvalue weighted by Crippen LogP contribution is 2.31. The maximum atomic E-state index is 6.01. The Balaban J connectivity index is 1.71. The van der Waals surface area contributed by atoms with Gasteiger partial charge in [-0.25, -0.2) is 4.98 Å². The number of rotatable bonds is 6. The summed E-state index contributed by atoms with van der Waals surface area (Å²) in [5.74, 6) is 2.42. The van der Waals surface area contributed by atoms with E-state index >= 15 is 0 Å². The Morgan fingerprint density at radius 1 is 1.19 bits per heavy atom. The third kappa shape index (κ3) is 3.67. The summed E-state index contributed by atoms with van der Waals surface area (Å²) in [6, 6.07) is 11.3. The minimum atomic E-state index is 0.528. The third-order valence-electron chi connectivity index (χ3n) is 3.66.